The summed E-state index contributed by atoms with van der Waals surface area (Å²) in [6, 6.07) is 0. The molecule has 9 heteroatoms. The van der Waals surface area contributed by atoms with Crippen LogP contribution in [-0.4, -0.2) is 47.2 Å². The SMILES string of the molecule is CCOC(=O)Cc1csc(SCC(=O)c2[nH]c(C)c(C(=O)OC)c2C)n1. The number of ketones is 1. The van der Waals surface area contributed by atoms with Gasteiger partial charge in [0.25, 0.3) is 0 Å². The Morgan fingerprint density at radius 3 is 2.69 bits per heavy atom. The monoisotopic (exact) mass is 396 g/mol. The van der Waals surface area contributed by atoms with Crippen LogP contribution in [0.5, 0.6) is 0 Å². The average Bonchev–Trinajstić information content (AvgIpc) is 3.16. The highest BCUT2D eigenvalue weighted by Gasteiger charge is 2.22. The highest BCUT2D eigenvalue weighted by Crippen LogP contribution is 2.26. The molecule has 2 aromatic heterocycles. The van der Waals surface area contributed by atoms with Crippen LogP contribution in [0.25, 0.3) is 0 Å². The molecular weight excluding hydrogens is 376 g/mol. The fourth-order valence-electron chi connectivity index (χ4n) is 2.43. The fourth-order valence-corrected chi connectivity index (χ4v) is 4.15. The van der Waals surface area contributed by atoms with E-state index < -0.39 is 5.97 Å². The summed E-state index contributed by atoms with van der Waals surface area (Å²) < 4.78 is 10.3. The molecule has 0 radical (unpaired) electrons. The molecular formula is C17H20N2O5S2. The third-order valence-electron chi connectivity index (χ3n) is 3.59. The standard InChI is InChI=1S/C17H20N2O5S2/c1-5-24-13(21)6-11-7-25-17(19-11)26-8-12(20)15-9(2)14(10(3)18-15)16(22)23-4/h7,18H,5-6,8H2,1-4H3. The molecule has 0 atom stereocenters. The number of thiazole rings is 1. The van der Waals surface area contributed by atoms with Gasteiger partial charge in [-0.05, 0) is 26.3 Å². The van der Waals surface area contributed by atoms with E-state index in [1.807, 2.05) is 0 Å². The first-order chi connectivity index (χ1) is 12.4. The van der Waals surface area contributed by atoms with Crippen molar-refractivity contribution in [2.45, 2.75) is 31.5 Å². The van der Waals surface area contributed by atoms with Crippen molar-refractivity contribution in [2.24, 2.45) is 0 Å². The second-order valence-corrected chi connectivity index (χ2v) is 7.50. The fraction of sp³-hybridized carbons (Fsp3) is 0.412. The Labute approximate surface area is 159 Å². The third kappa shape index (κ3) is 4.73. The maximum absolute atomic E-state index is 12.5. The number of thioether (sulfide) groups is 1. The minimum Gasteiger partial charge on any atom is -0.466 e. The van der Waals surface area contributed by atoms with Gasteiger partial charge in [-0.25, -0.2) is 9.78 Å². The number of carbonyl (C=O) groups excluding carboxylic acids is 3. The van der Waals surface area contributed by atoms with Gasteiger partial charge in [0.05, 0.1) is 42.8 Å². The van der Waals surface area contributed by atoms with Gasteiger partial charge < -0.3 is 14.5 Å². The molecule has 0 spiro atoms. The summed E-state index contributed by atoms with van der Waals surface area (Å²) in [4.78, 5) is 43.0. The van der Waals surface area contributed by atoms with Crippen molar-refractivity contribution in [1.29, 1.82) is 0 Å². The molecule has 0 saturated carbocycles. The maximum Gasteiger partial charge on any atom is 0.339 e. The van der Waals surface area contributed by atoms with Gasteiger partial charge in [0, 0.05) is 11.1 Å². The van der Waals surface area contributed by atoms with E-state index in [1.54, 1.807) is 26.2 Å². The number of ether oxygens (including phenoxy) is 2. The van der Waals surface area contributed by atoms with Crippen molar-refractivity contribution < 1.29 is 23.9 Å². The first kappa shape index (κ1) is 20.2. The van der Waals surface area contributed by atoms with Crippen molar-refractivity contribution in [3.8, 4) is 0 Å². The van der Waals surface area contributed by atoms with Crippen molar-refractivity contribution in [1.82, 2.24) is 9.97 Å². The number of carbonyl (C=O) groups is 3. The molecule has 0 amide bonds. The zero-order valence-electron chi connectivity index (χ0n) is 15.0. The summed E-state index contributed by atoms with van der Waals surface area (Å²) in [5.41, 5.74) is 2.62. The van der Waals surface area contributed by atoms with Gasteiger partial charge in [0.1, 0.15) is 0 Å². The number of nitrogens with zero attached hydrogens (tertiary/aromatic N) is 1. The summed E-state index contributed by atoms with van der Waals surface area (Å²) in [6.07, 6.45) is 0.121. The lowest BCUT2D eigenvalue weighted by Gasteiger charge is -2.01. The van der Waals surface area contributed by atoms with Gasteiger partial charge in [-0.1, -0.05) is 11.8 Å². The molecule has 1 N–H and O–H groups in total. The molecule has 2 rings (SSSR count). The van der Waals surface area contributed by atoms with Crippen LogP contribution in [0.1, 0.15) is 44.7 Å². The molecule has 0 unspecified atom stereocenters. The number of aryl methyl sites for hydroxylation is 1. The zero-order chi connectivity index (χ0) is 19.3. The van der Waals surface area contributed by atoms with E-state index in [0.29, 0.717) is 39.2 Å². The van der Waals surface area contributed by atoms with Crippen molar-refractivity contribution in [2.75, 3.05) is 19.5 Å². The summed E-state index contributed by atoms with van der Waals surface area (Å²) >= 11 is 2.67. The van der Waals surface area contributed by atoms with E-state index >= 15 is 0 Å². The maximum atomic E-state index is 12.5. The van der Waals surface area contributed by atoms with Crippen LogP contribution in [0.15, 0.2) is 9.72 Å². The van der Waals surface area contributed by atoms with Crippen LogP contribution in [0, 0.1) is 13.8 Å². The highest BCUT2D eigenvalue weighted by molar-refractivity contribution is 8.01. The van der Waals surface area contributed by atoms with Gasteiger partial charge in [0.15, 0.2) is 10.1 Å². The first-order valence-electron chi connectivity index (χ1n) is 7.90. The van der Waals surface area contributed by atoms with Crippen LogP contribution in [0.4, 0.5) is 0 Å². The Morgan fingerprint density at radius 2 is 2.04 bits per heavy atom. The lowest BCUT2D eigenvalue weighted by atomic mass is 10.1. The quantitative estimate of drug-likeness (QED) is 0.416. The van der Waals surface area contributed by atoms with Gasteiger partial charge in [-0.2, -0.15) is 0 Å². The van der Waals surface area contributed by atoms with E-state index in [9.17, 15) is 14.4 Å². The lowest BCUT2D eigenvalue weighted by Crippen LogP contribution is -2.08. The smallest absolute Gasteiger partial charge is 0.339 e. The number of aromatic nitrogens is 2. The van der Waals surface area contributed by atoms with E-state index in [-0.39, 0.29) is 23.9 Å². The van der Waals surface area contributed by atoms with Crippen LogP contribution in [0.2, 0.25) is 0 Å². The molecule has 140 valence electrons. The van der Waals surface area contributed by atoms with Gasteiger partial charge in [-0.3, -0.25) is 9.59 Å². The first-order valence-corrected chi connectivity index (χ1v) is 9.77. The molecule has 0 bridgehead atoms. The van der Waals surface area contributed by atoms with Crippen LogP contribution in [-0.2, 0) is 20.7 Å². The van der Waals surface area contributed by atoms with Crippen molar-refractivity contribution in [3.05, 3.63) is 33.6 Å². The summed E-state index contributed by atoms with van der Waals surface area (Å²) in [7, 11) is 1.31. The Kier molecular flexibility index (Phi) is 6.98. The molecule has 0 fully saturated rings. The number of rotatable bonds is 8. The van der Waals surface area contributed by atoms with Gasteiger partial charge in [-0.15, -0.1) is 11.3 Å². The third-order valence-corrected chi connectivity index (χ3v) is 5.66. The Balaban J connectivity index is 2.00. The molecule has 0 aliphatic carbocycles. The number of methoxy groups -OCH3 is 1. The van der Waals surface area contributed by atoms with Gasteiger partial charge >= 0.3 is 11.9 Å². The minimum absolute atomic E-state index is 0.121. The predicted molar refractivity (Wildman–Crippen MR) is 99.1 cm³/mol. The average molecular weight is 396 g/mol. The van der Waals surface area contributed by atoms with Gasteiger partial charge in [0.2, 0.25) is 0 Å². The van der Waals surface area contributed by atoms with Crippen LogP contribution < -0.4 is 0 Å². The Hall–Kier alpha value is -2.13. The molecule has 7 nitrogen and oxygen atoms in total. The number of aromatic amines is 1. The molecule has 2 heterocycles. The Bertz CT molecular complexity index is 825. The number of hydrogen-bond donors (Lipinski definition) is 1. The topological polar surface area (TPSA) is 98.4 Å². The normalized spacial score (nSPS) is 10.6. The van der Waals surface area contributed by atoms with Crippen molar-refractivity contribution >= 4 is 40.8 Å². The summed E-state index contributed by atoms with van der Waals surface area (Å²) in [6.45, 7) is 5.53. The molecule has 0 saturated heterocycles. The lowest BCUT2D eigenvalue weighted by molar-refractivity contribution is -0.142. The predicted octanol–water partition coefficient (Wildman–Crippen LogP) is 2.96. The minimum atomic E-state index is -0.466. The van der Waals surface area contributed by atoms with Crippen LogP contribution >= 0.6 is 23.1 Å². The molecule has 26 heavy (non-hydrogen) atoms. The second kappa shape index (κ2) is 9.00. The van der Waals surface area contributed by atoms with E-state index in [0.717, 1.165) is 0 Å². The van der Waals surface area contributed by atoms with Crippen LogP contribution in [0.3, 0.4) is 0 Å². The second-order valence-electron chi connectivity index (χ2n) is 5.41. The van der Waals surface area contributed by atoms with E-state index in [1.165, 1.54) is 30.2 Å². The molecule has 0 aromatic carbocycles. The number of hydrogen-bond acceptors (Lipinski definition) is 8. The highest BCUT2D eigenvalue weighted by atomic mass is 32.2. The van der Waals surface area contributed by atoms with Crippen molar-refractivity contribution in [3.63, 3.8) is 0 Å². The van der Waals surface area contributed by atoms with E-state index in [4.69, 9.17) is 9.47 Å². The zero-order valence-corrected chi connectivity index (χ0v) is 16.6. The largest absolute Gasteiger partial charge is 0.466 e. The number of H-pyrrole nitrogens is 1. The molecule has 2 aromatic rings. The molecule has 0 aliphatic heterocycles. The summed E-state index contributed by atoms with van der Waals surface area (Å²) in [5, 5.41) is 1.78. The summed E-state index contributed by atoms with van der Waals surface area (Å²) in [5.74, 6) is -0.744. The Morgan fingerprint density at radius 1 is 1.31 bits per heavy atom. The molecule has 0 aliphatic rings. The van der Waals surface area contributed by atoms with E-state index in [2.05, 4.69) is 9.97 Å². The number of nitrogens with one attached hydrogen (secondary N) is 1. The number of esters is 2. The number of Topliss-reactive ketones (excluding diaryl/α,β-unsaturated/α-hetero) is 1.